The van der Waals surface area contributed by atoms with E-state index in [1.807, 2.05) is 0 Å². The second kappa shape index (κ2) is 10.0. The van der Waals surface area contributed by atoms with Gasteiger partial charge in [0.15, 0.2) is 0 Å². The van der Waals surface area contributed by atoms with E-state index in [0.29, 0.717) is 25.3 Å². The minimum absolute atomic E-state index is 0.0825. The van der Waals surface area contributed by atoms with Gasteiger partial charge < -0.3 is 19.0 Å². The summed E-state index contributed by atoms with van der Waals surface area (Å²) in [5, 5.41) is 2.73. The second-order valence-corrected chi connectivity index (χ2v) is 9.50. The molecule has 0 aliphatic rings. The summed E-state index contributed by atoms with van der Waals surface area (Å²) in [5.74, 6) is 0.577. The summed E-state index contributed by atoms with van der Waals surface area (Å²) in [6, 6.07) is 10.9. The van der Waals surface area contributed by atoms with Crippen LogP contribution in [0.2, 0.25) is 5.02 Å². The van der Waals surface area contributed by atoms with Crippen molar-refractivity contribution in [3.63, 3.8) is 0 Å². The summed E-state index contributed by atoms with van der Waals surface area (Å²) in [6.45, 7) is 7.86. The largest absolute Gasteiger partial charge is 0.493 e. The molecule has 7 nitrogen and oxygen atoms in total. The fourth-order valence-corrected chi connectivity index (χ4v) is 3.84. The van der Waals surface area contributed by atoms with Crippen molar-refractivity contribution in [2.24, 2.45) is 0 Å². The van der Waals surface area contributed by atoms with Gasteiger partial charge in [-0.05, 0) is 63.9 Å². The second-order valence-electron chi connectivity index (χ2n) is 7.58. The molecule has 164 valence electrons. The van der Waals surface area contributed by atoms with Crippen molar-refractivity contribution in [2.75, 3.05) is 13.2 Å². The zero-order chi connectivity index (χ0) is 22.4. The molecule has 0 aliphatic carbocycles. The highest BCUT2D eigenvalue weighted by atomic mass is 35.5. The third-order valence-electron chi connectivity index (χ3n) is 3.59. The Bertz CT molecular complexity index is 985. The monoisotopic (exact) mass is 455 g/mol. The van der Waals surface area contributed by atoms with Crippen molar-refractivity contribution >= 4 is 27.8 Å². The number of halogens is 1. The predicted molar refractivity (Wildman–Crippen MR) is 115 cm³/mol. The fourth-order valence-electron chi connectivity index (χ4n) is 2.43. The van der Waals surface area contributed by atoms with Gasteiger partial charge in [0.2, 0.25) is 0 Å². The van der Waals surface area contributed by atoms with Crippen molar-refractivity contribution in [2.45, 2.75) is 44.6 Å². The number of aryl methyl sites for hydroxylation is 1. The van der Waals surface area contributed by atoms with E-state index in [2.05, 4.69) is 5.32 Å². The van der Waals surface area contributed by atoms with Gasteiger partial charge >= 0.3 is 16.2 Å². The summed E-state index contributed by atoms with van der Waals surface area (Å²) in [5.41, 5.74) is 0.215. The molecule has 9 heteroatoms. The van der Waals surface area contributed by atoms with E-state index in [4.69, 9.17) is 25.3 Å². The molecule has 0 fully saturated rings. The van der Waals surface area contributed by atoms with Gasteiger partial charge in [-0.3, -0.25) is 0 Å². The molecule has 2 aromatic rings. The third-order valence-corrected chi connectivity index (χ3v) is 5.34. The first-order valence-corrected chi connectivity index (χ1v) is 11.2. The molecule has 0 bridgehead atoms. The Hall–Kier alpha value is -2.45. The van der Waals surface area contributed by atoms with Crippen LogP contribution in [0.25, 0.3) is 0 Å². The van der Waals surface area contributed by atoms with Gasteiger partial charge in [0.05, 0.1) is 11.6 Å². The van der Waals surface area contributed by atoms with Crippen LogP contribution < -0.4 is 14.2 Å². The number of carbonyl (C=O) groups is 1. The number of hydrogen-bond donors (Lipinski definition) is 1. The first kappa shape index (κ1) is 23.8. The maximum atomic E-state index is 12.5. The lowest BCUT2D eigenvalue weighted by molar-refractivity contribution is 0.0525. The number of carbonyl (C=O) groups excluding carboxylic acids is 1. The van der Waals surface area contributed by atoms with Crippen LogP contribution >= 0.6 is 11.6 Å². The minimum Gasteiger partial charge on any atom is -0.493 e. The van der Waals surface area contributed by atoms with Crippen LogP contribution in [0.4, 0.5) is 4.79 Å². The topological polar surface area (TPSA) is 90.9 Å². The smallest absolute Gasteiger partial charge is 0.407 e. The molecule has 30 heavy (non-hydrogen) atoms. The molecule has 0 spiro atoms. The van der Waals surface area contributed by atoms with Crippen molar-refractivity contribution in [1.82, 2.24) is 5.32 Å². The van der Waals surface area contributed by atoms with E-state index >= 15 is 0 Å². The summed E-state index contributed by atoms with van der Waals surface area (Å²) in [6.07, 6.45) is 0.0555. The standard InChI is InChI=1S/C21H26ClNO6S/c1-15-12-16(27-11-7-10-23-20(24)28-21(2,3)4)14-17(13-15)29-30(25,26)19-9-6-5-8-18(19)22/h5-6,8-9,12-14H,7,10-11H2,1-4H3,(H,23,24). The number of nitrogens with one attached hydrogen (secondary N) is 1. The zero-order valence-corrected chi connectivity index (χ0v) is 19.0. The fraction of sp³-hybridized carbons (Fsp3) is 0.381. The maximum absolute atomic E-state index is 12.5. The van der Waals surface area contributed by atoms with Crippen molar-refractivity contribution < 1.29 is 26.9 Å². The summed E-state index contributed by atoms with van der Waals surface area (Å²) in [7, 11) is -4.08. The summed E-state index contributed by atoms with van der Waals surface area (Å²) >= 11 is 5.97. The van der Waals surface area contributed by atoms with Crippen LogP contribution in [0.5, 0.6) is 11.5 Å². The highest BCUT2D eigenvalue weighted by Gasteiger charge is 2.20. The minimum atomic E-state index is -4.08. The number of ether oxygens (including phenoxy) is 2. The normalized spacial score (nSPS) is 11.6. The Labute approximate surface area is 182 Å². The number of rotatable bonds is 8. The molecule has 0 aliphatic heterocycles. The van der Waals surface area contributed by atoms with Gasteiger partial charge in [0, 0.05) is 12.6 Å². The maximum Gasteiger partial charge on any atom is 0.407 e. The Balaban J connectivity index is 1.93. The molecule has 0 saturated carbocycles. The molecule has 0 aromatic heterocycles. The van der Waals surface area contributed by atoms with Crippen molar-refractivity contribution in [1.29, 1.82) is 0 Å². The third kappa shape index (κ3) is 7.76. The van der Waals surface area contributed by atoms with Crippen LogP contribution in [-0.2, 0) is 14.9 Å². The molecule has 0 atom stereocenters. The van der Waals surface area contributed by atoms with Crippen molar-refractivity contribution in [3.05, 3.63) is 53.1 Å². The van der Waals surface area contributed by atoms with E-state index in [9.17, 15) is 13.2 Å². The summed E-state index contributed by atoms with van der Waals surface area (Å²) < 4.78 is 41.1. The molecule has 2 aromatic carbocycles. The van der Waals surface area contributed by atoms with Crippen LogP contribution in [0.3, 0.4) is 0 Å². The van der Waals surface area contributed by atoms with Gasteiger partial charge in [-0.25, -0.2) is 4.79 Å². The lowest BCUT2D eigenvalue weighted by Gasteiger charge is -2.19. The SMILES string of the molecule is Cc1cc(OCCCNC(=O)OC(C)(C)C)cc(OS(=O)(=O)c2ccccc2Cl)c1. The lowest BCUT2D eigenvalue weighted by atomic mass is 10.2. The molecular formula is C21H26ClNO6S. The highest BCUT2D eigenvalue weighted by Crippen LogP contribution is 2.28. The van der Waals surface area contributed by atoms with E-state index in [0.717, 1.165) is 5.56 Å². The number of alkyl carbamates (subject to hydrolysis) is 1. The predicted octanol–water partition coefficient (Wildman–Crippen LogP) is 4.71. The Kier molecular flexibility index (Phi) is 7.97. The van der Waals surface area contributed by atoms with Crippen LogP contribution in [0.15, 0.2) is 47.4 Å². The molecule has 2 rings (SSSR count). The van der Waals surface area contributed by atoms with Crippen LogP contribution in [0, 0.1) is 6.92 Å². The Morgan fingerprint density at radius 1 is 1.10 bits per heavy atom. The van der Waals surface area contributed by atoms with Gasteiger partial charge in [-0.1, -0.05) is 23.7 Å². The quantitative estimate of drug-likeness (QED) is 0.458. The van der Waals surface area contributed by atoms with E-state index in [-0.39, 0.29) is 15.7 Å². The first-order chi connectivity index (χ1) is 14.0. The van der Waals surface area contributed by atoms with Crippen LogP contribution in [-0.4, -0.2) is 33.3 Å². The molecule has 0 heterocycles. The van der Waals surface area contributed by atoms with Crippen molar-refractivity contribution in [3.8, 4) is 11.5 Å². The van der Waals surface area contributed by atoms with E-state index in [1.165, 1.54) is 18.2 Å². The molecule has 1 amide bonds. The van der Waals surface area contributed by atoms with Gasteiger partial charge in [0.1, 0.15) is 22.0 Å². The summed E-state index contributed by atoms with van der Waals surface area (Å²) in [4.78, 5) is 11.5. The van der Waals surface area contributed by atoms with E-state index < -0.39 is 21.8 Å². The van der Waals surface area contributed by atoms with Gasteiger partial charge in [-0.15, -0.1) is 0 Å². The Morgan fingerprint density at radius 2 is 1.77 bits per heavy atom. The molecule has 0 unspecified atom stereocenters. The molecular weight excluding hydrogens is 430 g/mol. The average Bonchev–Trinajstić information content (AvgIpc) is 2.59. The highest BCUT2D eigenvalue weighted by molar-refractivity contribution is 7.87. The molecule has 0 radical (unpaired) electrons. The van der Waals surface area contributed by atoms with E-state index in [1.54, 1.807) is 52.0 Å². The first-order valence-electron chi connectivity index (χ1n) is 9.37. The molecule has 0 saturated heterocycles. The molecule has 1 N–H and O–H groups in total. The van der Waals surface area contributed by atoms with Gasteiger partial charge in [-0.2, -0.15) is 8.42 Å². The number of benzene rings is 2. The number of hydrogen-bond acceptors (Lipinski definition) is 6. The lowest BCUT2D eigenvalue weighted by Crippen LogP contribution is -2.33. The Morgan fingerprint density at radius 3 is 2.43 bits per heavy atom. The van der Waals surface area contributed by atoms with Crippen LogP contribution in [0.1, 0.15) is 32.8 Å². The number of amides is 1. The van der Waals surface area contributed by atoms with Gasteiger partial charge in [0.25, 0.3) is 0 Å². The zero-order valence-electron chi connectivity index (χ0n) is 17.4. The average molecular weight is 456 g/mol.